The van der Waals surface area contributed by atoms with Gasteiger partial charge in [0.05, 0.1) is 30.9 Å². The molecule has 1 saturated carbocycles. The molecule has 34 heavy (non-hydrogen) atoms. The quantitative estimate of drug-likeness (QED) is 0.569. The Morgan fingerprint density at radius 3 is 2.53 bits per heavy atom. The largest absolute Gasteiger partial charge is 0.379 e. The maximum absolute atomic E-state index is 13.6. The van der Waals surface area contributed by atoms with E-state index in [2.05, 4.69) is 9.88 Å². The number of hydrogen-bond donors (Lipinski definition) is 1. The molecule has 180 valence electrons. The van der Waals surface area contributed by atoms with Gasteiger partial charge in [0.25, 0.3) is 5.91 Å². The Kier molecular flexibility index (Phi) is 6.09. The summed E-state index contributed by atoms with van der Waals surface area (Å²) >= 11 is 0. The monoisotopic (exact) mass is 487 g/mol. The Morgan fingerprint density at radius 2 is 1.91 bits per heavy atom. The van der Waals surface area contributed by atoms with Crippen LogP contribution in [-0.2, 0) is 21.3 Å². The first kappa shape index (κ1) is 22.9. The Bertz CT molecular complexity index is 1330. The van der Waals surface area contributed by atoms with E-state index in [1.807, 2.05) is 4.72 Å². The molecule has 3 aromatic rings. The minimum Gasteiger partial charge on any atom is -0.379 e. The van der Waals surface area contributed by atoms with E-state index in [9.17, 15) is 17.6 Å². The number of hydrogen-bond acceptors (Lipinski definition) is 7. The van der Waals surface area contributed by atoms with Crippen LogP contribution in [0, 0.1) is 5.82 Å². The average molecular weight is 488 g/mol. The van der Waals surface area contributed by atoms with Gasteiger partial charge >= 0.3 is 0 Å². The number of aromatic nitrogens is 3. The number of nitrogens with zero attached hydrogens (tertiary/aromatic N) is 4. The van der Waals surface area contributed by atoms with Gasteiger partial charge in [-0.1, -0.05) is 6.42 Å². The second kappa shape index (κ2) is 9.05. The molecule has 9 nitrogen and oxygen atoms in total. The smallest absolute Gasteiger partial charge is 0.283 e. The number of carbonyl (C=O) groups excluding carboxylic acids is 1. The highest BCUT2D eigenvalue weighted by Gasteiger charge is 2.30. The number of pyridine rings is 1. The zero-order valence-electron chi connectivity index (χ0n) is 18.8. The van der Waals surface area contributed by atoms with Gasteiger partial charge in [-0.15, -0.1) is 0 Å². The van der Waals surface area contributed by atoms with Gasteiger partial charge in [0.15, 0.2) is 5.65 Å². The fourth-order valence-electron chi connectivity index (χ4n) is 4.41. The highest BCUT2D eigenvalue weighted by Crippen LogP contribution is 2.40. The van der Waals surface area contributed by atoms with Gasteiger partial charge in [-0.05, 0) is 48.7 Å². The van der Waals surface area contributed by atoms with Gasteiger partial charge in [-0.2, -0.15) is 5.10 Å². The van der Waals surface area contributed by atoms with Gasteiger partial charge in [0.1, 0.15) is 11.5 Å². The minimum absolute atomic E-state index is 0.00962. The van der Waals surface area contributed by atoms with Gasteiger partial charge in [0.2, 0.25) is 10.0 Å². The zero-order valence-corrected chi connectivity index (χ0v) is 19.6. The van der Waals surface area contributed by atoms with E-state index in [-0.39, 0.29) is 17.4 Å². The lowest BCUT2D eigenvalue weighted by molar-refractivity contribution is 0.0343. The number of fused-ring (bicyclic) bond motifs is 1. The van der Waals surface area contributed by atoms with Crippen molar-refractivity contribution < 1.29 is 22.3 Å². The number of ether oxygens (including phenoxy) is 1. The molecule has 1 saturated heterocycles. The third-order valence-corrected chi connectivity index (χ3v) is 6.87. The van der Waals surface area contributed by atoms with Crippen LogP contribution < -0.4 is 4.72 Å². The Balaban J connectivity index is 1.70. The second-order valence-corrected chi connectivity index (χ2v) is 10.6. The van der Waals surface area contributed by atoms with Crippen molar-refractivity contribution in [1.82, 2.24) is 24.4 Å². The molecule has 11 heteroatoms. The summed E-state index contributed by atoms with van der Waals surface area (Å²) in [6.45, 7) is 3.30. The fourth-order valence-corrected chi connectivity index (χ4v) is 4.85. The Morgan fingerprint density at radius 1 is 1.21 bits per heavy atom. The third-order valence-electron chi connectivity index (χ3n) is 6.32. The zero-order chi connectivity index (χ0) is 23.9. The van der Waals surface area contributed by atoms with Crippen LogP contribution in [0.2, 0.25) is 0 Å². The molecular weight excluding hydrogens is 461 g/mol. The molecule has 0 atom stereocenters. The topological polar surface area (TPSA) is 106 Å². The van der Waals surface area contributed by atoms with Crippen molar-refractivity contribution in [2.24, 2.45) is 0 Å². The van der Waals surface area contributed by atoms with Gasteiger partial charge in [0, 0.05) is 30.9 Å². The minimum atomic E-state index is -3.77. The molecule has 1 N–H and O–H groups in total. The summed E-state index contributed by atoms with van der Waals surface area (Å²) in [5.41, 5.74) is 2.84. The second-order valence-electron chi connectivity index (χ2n) is 8.86. The van der Waals surface area contributed by atoms with Gasteiger partial charge in [-0.3, -0.25) is 9.69 Å². The number of morpholine rings is 1. The number of rotatable bonds is 6. The number of benzene rings is 1. The highest BCUT2D eigenvalue weighted by atomic mass is 32.2. The van der Waals surface area contributed by atoms with Crippen molar-refractivity contribution >= 4 is 27.0 Å². The predicted molar refractivity (Wildman–Crippen MR) is 124 cm³/mol. The molecule has 1 aromatic carbocycles. The van der Waals surface area contributed by atoms with E-state index in [1.165, 1.54) is 12.1 Å². The first-order valence-corrected chi connectivity index (χ1v) is 13.2. The molecule has 0 radical (unpaired) electrons. The lowest BCUT2D eigenvalue weighted by Gasteiger charge is -2.28. The molecule has 1 amide bonds. The molecule has 0 unspecified atom stereocenters. The van der Waals surface area contributed by atoms with Crippen LogP contribution in [0.15, 0.2) is 30.3 Å². The first-order valence-electron chi connectivity index (χ1n) is 11.3. The van der Waals surface area contributed by atoms with Crippen molar-refractivity contribution in [3.05, 3.63) is 53.1 Å². The molecule has 2 aromatic heterocycles. The van der Waals surface area contributed by atoms with Gasteiger partial charge < -0.3 is 4.74 Å². The van der Waals surface area contributed by atoms with Crippen molar-refractivity contribution in [1.29, 1.82) is 0 Å². The summed E-state index contributed by atoms with van der Waals surface area (Å²) in [6.07, 6.45) is 4.08. The number of halogens is 1. The average Bonchev–Trinajstić information content (AvgIpc) is 3.12. The molecular formula is C23H26FN5O4S. The highest BCUT2D eigenvalue weighted by molar-refractivity contribution is 7.89. The van der Waals surface area contributed by atoms with E-state index in [4.69, 9.17) is 9.84 Å². The van der Waals surface area contributed by atoms with E-state index >= 15 is 0 Å². The number of nitrogens with one attached hydrogen (secondary N) is 1. The van der Waals surface area contributed by atoms with Crippen LogP contribution in [0.4, 0.5) is 4.39 Å². The van der Waals surface area contributed by atoms with Crippen LogP contribution in [-0.4, -0.2) is 66.5 Å². The third kappa shape index (κ3) is 4.68. The van der Waals surface area contributed by atoms with Crippen molar-refractivity contribution in [2.75, 3.05) is 32.6 Å². The van der Waals surface area contributed by atoms with Crippen LogP contribution in [0.1, 0.15) is 46.9 Å². The predicted octanol–water partition coefficient (Wildman–Crippen LogP) is 2.35. The molecule has 0 bridgehead atoms. The summed E-state index contributed by atoms with van der Waals surface area (Å²) in [6, 6.07) is 7.58. The Hall–Kier alpha value is -2.89. The van der Waals surface area contributed by atoms with E-state index in [1.54, 1.807) is 22.9 Å². The Labute approximate surface area is 197 Å². The van der Waals surface area contributed by atoms with E-state index in [0.717, 1.165) is 55.3 Å². The molecule has 1 aliphatic heterocycles. The molecule has 3 heterocycles. The van der Waals surface area contributed by atoms with Crippen LogP contribution in [0.5, 0.6) is 0 Å². The summed E-state index contributed by atoms with van der Waals surface area (Å²) in [5.74, 6) is -0.886. The van der Waals surface area contributed by atoms with Crippen molar-refractivity contribution in [3.63, 3.8) is 0 Å². The normalized spacial score (nSPS) is 17.6. The number of amides is 1. The molecule has 0 spiro atoms. The molecule has 1 aliphatic carbocycles. The molecule has 2 aliphatic rings. The fraction of sp³-hybridized carbons (Fsp3) is 0.435. The molecule has 2 fully saturated rings. The first-order chi connectivity index (χ1) is 16.3. The van der Waals surface area contributed by atoms with Crippen LogP contribution in [0.3, 0.4) is 0 Å². The van der Waals surface area contributed by atoms with E-state index in [0.29, 0.717) is 31.1 Å². The number of carbonyl (C=O) groups is 1. The molecule has 5 rings (SSSR count). The summed E-state index contributed by atoms with van der Waals surface area (Å²) in [4.78, 5) is 19.6. The lowest BCUT2D eigenvalue weighted by atomic mass is 9.81. The van der Waals surface area contributed by atoms with E-state index < -0.39 is 15.9 Å². The summed E-state index contributed by atoms with van der Waals surface area (Å²) in [5, 5.41) is 5.75. The maximum atomic E-state index is 13.6. The van der Waals surface area contributed by atoms with Crippen LogP contribution in [0.25, 0.3) is 16.7 Å². The summed E-state index contributed by atoms with van der Waals surface area (Å²) < 4.78 is 46.1. The SMILES string of the molecule is CS(=O)(=O)NC(=O)c1cc(CN2CCOCC2)c2c(C3CCC3)nn(-c3ccc(F)cc3)c2n1. The summed E-state index contributed by atoms with van der Waals surface area (Å²) in [7, 11) is -3.77. The van der Waals surface area contributed by atoms with Crippen LogP contribution >= 0.6 is 0 Å². The van der Waals surface area contributed by atoms with Gasteiger partial charge in [-0.25, -0.2) is 27.2 Å². The maximum Gasteiger partial charge on any atom is 0.283 e. The standard InChI is InChI=1S/C23H26FN5O4S/c1-34(31,32)27-23(30)19-13-16(14-28-9-11-33-12-10-28)20-21(15-3-2-4-15)26-29(22(20)25-19)18-7-5-17(24)6-8-18/h5-8,13,15H,2-4,9-12,14H2,1H3,(H,27,30). The van der Waals surface area contributed by atoms with Crippen molar-refractivity contribution in [3.8, 4) is 5.69 Å². The lowest BCUT2D eigenvalue weighted by Crippen LogP contribution is -2.36. The van der Waals surface area contributed by atoms with Crippen molar-refractivity contribution in [2.45, 2.75) is 31.7 Å². The number of sulfonamides is 1.